The summed E-state index contributed by atoms with van der Waals surface area (Å²) in [6, 6.07) is 16.9. The number of halogens is 1. The number of nitrogens with one attached hydrogen (secondary N) is 2. The quantitative estimate of drug-likeness (QED) is 0.424. The van der Waals surface area contributed by atoms with Crippen LogP contribution in [0.15, 0.2) is 65.3 Å². The highest BCUT2D eigenvalue weighted by Crippen LogP contribution is 2.34. The highest BCUT2D eigenvalue weighted by atomic mass is 79.9. The smallest absolute Gasteiger partial charge is 0.269 e. The zero-order valence-corrected chi connectivity index (χ0v) is 17.2. The molecule has 2 aromatic heterocycles. The minimum Gasteiger partial charge on any atom is -0.457 e. The third kappa shape index (κ3) is 3.97. The first-order chi connectivity index (χ1) is 13.6. The largest absolute Gasteiger partial charge is 0.457 e. The molecule has 2 N–H and O–H groups in total. The van der Waals surface area contributed by atoms with Gasteiger partial charge < -0.3 is 15.4 Å². The molecule has 0 spiro atoms. The molecule has 0 saturated carbocycles. The van der Waals surface area contributed by atoms with Crippen molar-refractivity contribution in [3.63, 3.8) is 0 Å². The summed E-state index contributed by atoms with van der Waals surface area (Å²) in [6.45, 7) is 0. The second-order valence-corrected chi connectivity index (χ2v) is 7.70. The van der Waals surface area contributed by atoms with Crippen LogP contribution in [0.25, 0.3) is 10.2 Å². The topological polar surface area (TPSA) is 76.1 Å². The second-order valence-electron chi connectivity index (χ2n) is 5.81. The van der Waals surface area contributed by atoms with Gasteiger partial charge in [-0.05, 0) is 46.3 Å². The molecule has 140 valence electrons. The molecular weight excluding hydrogens is 440 g/mol. The number of carbonyl (C=O) groups excluding carboxylic acids is 1. The van der Waals surface area contributed by atoms with Crippen molar-refractivity contribution in [2.75, 3.05) is 12.4 Å². The van der Waals surface area contributed by atoms with Gasteiger partial charge in [0.1, 0.15) is 17.2 Å². The number of nitrogens with zero attached hydrogens (tertiary/aromatic N) is 2. The van der Waals surface area contributed by atoms with Gasteiger partial charge in [0.2, 0.25) is 0 Å². The molecule has 2 aromatic carbocycles. The molecule has 0 aliphatic heterocycles. The minimum atomic E-state index is -0.258. The summed E-state index contributed by atoms with van der Waals surface area (Å²) in [5.41, 5.74) is 2.14. The number of benzene rings is 2. The predicted octanol–water partition coefficient (Wildman–Crippen LogP) is 5.35. The SMILES string of the molecule is CNC(=O)c1cc(Oc2ccc3nc(Nc4ccccc4Br)sc3c2)ccn1. The van der Waals surface area contributed by atoms with E-state index in [-0.39, 0.29) is 5.91 Å². The zero-order valence-electron chi connectivity index (χ0n) is 14.8. The number of hydrogen-bond donors (Lipinski definition) is 2. The van der Waals surface area contributed by atoms with Crippen molar-refractivity contribution in [1.29, 1.82) is 0 Å². The van der Waals surface area contributed by atoms with Gasteiger partial charge in [-0.1, -0.05) is 23.5 Å². The van der Waals surface area contributed by atoms with Gasteiger partial charge in [-0.25, -0.2) is 4.98 Å². The Kier molecular flexibility index (Phi) is 5.23. The second kappa shape index (κ2) is 7.95. The summed E-state index contributed by atoms with van der Waals surface area (Å²) >= 11 is 5.07. The number of aromatic nitrogens is 2. The van der Waals surface area contributed by atoms with Gasteiger partial charge in [-0.3, -0.25) is 9.78 Å². The van der Waals surface area contributed by atoms with Crippen molar-refractivity contribution in [2.45, 2.75) is 0 Å². The number of para-hydroxylation sites is 1. The minimum absolute atomic E-state index is 0.258. The third-order valence-electron chi connectivity index (χ3n) is 3.90. The average Bonchev–Trinajstić information content (AvgIpc) is 3.11. The molecule has 1 amide bonds. The van der Waals surface area contributed by atoms with Crippen molar-refractivity contribution in [1.82, 2.24) is 15.3 Å². The van der Waals surface area contributed by atoms with Gasteiger partial charge in [-0.2, -0.15) is 0 Å². The van der Waals surface area contributed by atoms with Gasteiger partial charge >= 0.3 is 0 Å². The fourth-order valence-corrected chi connectivity index (χ4v) is 3.85. The number of rotatable bonds is 5. The summed E-state index contributed by atoms with van der Waals surface area (Å²) in [5.74, 6) is 0.952. The standard InChI is InChI=1S/C20H15BrN4O2S/c1-22-19(26)17-10-13(8-9-23-17)27-12-6-7-16-18(11-12)28-20(25-16)24-15-5-3-2-4-14(15)21/h2-11H,1H3,(H,22,26)(H,24,25). The number of hydrogen-bond acceptors (Lipinski definition) is 6. The van der Waals surface area contributed by atoms with Crippen LogP contribution in [0, 0.1) is 0 Å². The fourth-order valence-electron chi connectivity index (χ4n) is 2.56. The summed E-state index contributed by atoms with van der Waals surface area (Å²) in [4.78, 5) is 20.4. The zero-order chi connectivity index (χ0) is 19.5. The Labute approximate surface area is 173 Å². The van der Waals surface area contributed by atoms with E-state index < -0.39 is 0 Å². The molecule has 0 unspecified atom stereocenters. The Morgan fingerprint density at radius 3 is 2.75 bits per heavy atom. The first-order valence-corrected chi connectivity index (χ1v) is 10.0. The molecule has 0 saturated heterocycles. The summed E-state index contributed by atoms with van der Waals surface area (Å²) in [5, 5.41) is 6.67. The Morgan fingerprint density at radius 2 is 1.93 bits per heavy atom. The van der Waals surface area contributed by atoms with E-state index in [0.717, 1.165) is 25.5 Å². The third-order valence-corrected chi connectivity index (χ3v) is 5.53. The van der Waals surface area contributed by atoms with Crippen LogP contribution in [0.2, 0.25) is 0 Å². The lowest BCUT2D eigenvalue weighted by Gasteiger charge is -2.06. The first kappa shape index (κ1) is 18.4. The maximum Gasteiger partial charge on any atom is 0.269 e. The molecule has 8 heteroatoms. The Balaban J connectivity index is 1.57. The van der Waals surface area contributed by atoms with Gasteiger partial charge in [0.15, 0.2) is 5.13 Å². The molecule has 6 nitrogen and oxygen atoms in total. The fraction of sp³-hybridized carbons (Fsp3) is 0.0500. The normalized spacial score (nSPS) is 10.6. The molecule has 0 bridgehead atoms. The number of ether oxygens (including phenoxy) is 1. The van der Waals surface area contributed by atoms with Crippen LogP contribution in [0.5, 0.6) is 11.5 Å². The lowest BCUT2D eigenvalue weighted by Crippen LogP contribution is -2.18. The Bertz CT molecular complexity index is 1160. The predicted molar refractivity (Wildman–Crippen MR) is 115 cm³/mol. The van der Waals surface area contributed by atoms with E-state index in [0.29, 0.717) is 17.2 Å². The number of fused-ring (bicyclic) bond motifs is 1. The molecule has 0 aliphatic carbocycles. The lowest BCUT2D eigenvalue weighted by molar-refractivity contribution is 0.0958. The van der Waals surface area contributed by atoms with Crippen molar-refractivity contribution in [3.8, 4) is 11.5 Å². The maximum absolute atomic E-state index is 11.7. The van der Waals surface area contributed by atoms with Crippen LogP contribution in [0.1, 0.15) is 10.5 Å². The van der Waals surface area contributed by atoms with E-state index in [1.165, 1.54) is 11.3 Å². The highest BCUT2D eigenvalue weighted by Gasteiger charge is 2.09. The number of pyridine rings is 1. The van der Waals surface area contributed by atoms with Crippen molar-refractivity contribution in [3.05, 3.63) is 71.0 Å². The van der Waals surface area contributed by atoms with Crippen LogP contribution in [-0.2, 0) is 0 Å². The molecular formula is C20H15BrN4O2S. The van der Waals surface area contributed by atoms with Gasteiger partial charge in [0.05, 0.1) is 15.9 Å². The molecule has 0 fully saturated rings. The lowest BCUT2D eigenvalue weighted by atomic mass is 10.3. The molecule has 0 atom stereocenters. The van der Waals surface area contributed by atoms with Gasteiger partial charge in [-0.15, -0.1) is 0 Å². The molecule has 4 rings (SSSR count). The van der Waals surface area contributed by atoms with Crippen LogP contribution in [0.3, 0.4) is 0 Å². The van der Waals surface area contributed by atoms with E-state index in [9.17, 15) is 4.79 Å². The van der Waals surface area contributed by atoms with Crippen molar-refractivity contribution >= 4 is 54.2 Å². The van der Waals surface area contributed by atoms with E-state index in [2.05, 4.69) is 36.5 Å². The maximum atomic E-state index is 11.7. The molecule has 4 aromatic rings. The Morgan fingerprint density at radius 1 is 1.11 bits per heavy atom. The first-order valence-electron chi connectivity index (χ1n) is 8.40. The van der Waals surface area contributed by atoms with Gasteiger partial charge in [0, 0.05) is 29.8 Å². The number of amides is 1. The summed E-state index contributed by atoms with van der Waals surface area (Å²) in [6.07, 6.45) is 1.55. The number of thiazole rings is 1. The molecule has 0 aliphatic rings. The number of carbonyl (C=O) groups is 1. The summed E-state index contributed by atoms with van der Waals surface area (Å²) < 4.78 is 7.87. The van der Waals surface area contributed by atoms with E-state index >= 15 is 0 Å². The highest BCUT2D eigenvalue weighted by molar-refractivity contribution is 9.10. The number of anilines is 2. The molecule has 0 radical (unpaired) electrons. The average molecular weight is 455 g/mol. The van der Waals surface area contributed by atoms with Gasteiger partial charge in [0.25, 0.3) is 5.91 Å². The van der Waals surface area contributed by atoms with E-state index in [1.807, 2.05) is 42.5 Å². The van der Waals surface area contributed by atoms with Crippen LogP contribution >= 0.6 is 27.3 Å². The van der Waals surface area contributed by atoms with Crippen molar-refractivity contribution < 1.29 is 9.53 Å². The van der Waals surface area contributed by atoms with Crippen LogP contribution in [0.4, 0.5) is 10.8 Å². The monoisotopic (exact) mass is 454 g/mol. The van der Waals surface area contributed by atoms with Crippen molar-refractivity contribution in [2.24, 2.45) is 0 Å². The Hall–Kier alpha value is -2.97. The van der Waals surface area contributed by atoms with Crippen LogP contribution < -0.4 is 15.4 Å². The summed E-state index contributed by atoms with van der Waals surface area (Å²) in [7, 11) is 1.56. The molecule has 2 heterocycles. The van der Waals surface area contributed by atoms with Crippen LogP contribution in [-0.4, -0.2) is 22.9 Å². The van der Waals surface area contributed by atoms with E-state index in [4.69, 9.17) is 4.74 Å². The molecule has 28 heavy (non-hydrogen) atoms. The van der Waals surface area contributed by atoms with E-state index in [1.54, 1.807) is 25.4 Å².